The lowest BCUT2D eigenvalue weighted by atomic mass is 10.1. The molecule has 0 fully saturated rings. The molecule has 15 rings (SSSR count). The smallest absolute Gasteiger partial charge is 0.184 e. The number of nitrogens with one attached hydrogen (secondary N) is 2. The van der Waals surface area contributed by atoms with Crippen LogP contribution in [0.3, 0.4) is 0 Å². The van der Waals surface area contributed by atoms with Crippen molar-refractivity contribution in [2.45, 2.75) is 0 Å². The topological polar surface area (TPSA) is 212 Å². The number of halogens is 4. The van der Waals surface area contributed by atoms with Gasteiger partial charge in [-0.05, 0) is 72.8 Å². The zero-order valence-corrected chi connectivity index (χ0v) is 34.0. The van der Waals surface area contributed by atoms with E-state index in [0.29, 0.717) is 65.7 Å². The first-order valence-corrected chi connectivity index (χ1v) is 20.8. The number of aromatic nitrogens is 16. The van der Waals surface area contributed by atoms with E-state index in [1.165, 1.54) is 0 Å². The van der Waals surface area contributed by atoms with Gasteiger partial charge in [0.2, 0.25) is 0 Å². The zero-order chi connectivity index (χ0) is 45.1. The molecule has 68 heavy (non-hydrogen) atoms. The van der Waals surface area contributed by atoms with Crippen LogP contribution in [-0.4, -0.2) is 79.7 Å². The number of H-pyrrole nitrogens is 2. The Hall–Kier alpha value is -9.72. The number of rotatable bonds is 0. The lowest BCUT2D eigenvalue weighted by molar-refractivity contribution is 0.511. The third kappa shape index (κ3) is 4.96. The second kappa shape index (κ2) is 13.0. The van der Waals surface area contributed by atoms with Crippen LogP contribution in [0.2, 0.25) is 0 Å². The summed E-state index contributed by atoms with van der Waals surface area (Å²) >= 11 is 0. The van der Waals surface area contributed by atoms with Crippen LogP contribution in [0.1, 0.15) is 0 Å². The fourth-order valence-electron chi connectivity index (χ4n) is 9.26. The number of nitrogens with zero attached hydrogens (tertiary/aromatic N) is 14. The van der Waals surface area contributed by atoms with E-state index in [-0.39, 0.29) is 90.2 Å². The molecule has 16 nitrogen and oxygen atoms in total. The molecule has 0 amide bonds. The summed E-state index contributed by atoms with van der Waals surface area (Å²) in [6.45, 7) is 0. The van der Waals surface area contributed by atoms with Crippen LogP contribution in [0.25, 0.3) is 156 Å². The van der Waals surface area contributed by atoms with Gasteiger partial charge in [0.1, 0.15) is 45.4 Å². The Morgan fingerprint density at radius 2 is 0.529 bits per heavy atom. The fourth-order valence-corrected chi connectivity index (χ4v) is 9.26. The van der Waals surface area contributed by atoms with E-state index in [4.69, 9.17) is 49.8 Å². The van der Waals surface area contributed by atoms with Gasteiger partial charge in [0, 0.05) is 67.9 Å². The maximum absolute atomic E-state index is 15.3. The predicted octanol–water partition coefficient (Wildman–Crippen LogP) is 9.50. The summed E-state index contributed by atoms with van der Waals surface area (Å²) in [6.07, 6.45) is 6.64. The molecule has 0 unspecified atom stereocenters. The van der Waals surface area contributed by atoms with Gasteiger partial charge in [-0.25, -0.2) is 67.4 Å². The van der Waals surface area contributed by atoms with Gasteiger partial charge in [-0.15, -0.1) is 0 Å². The summed E-state index contributed by atoms with van der Waals surface area (Å²) in [5.74, 6) is -4.60. The van der Waals surface area contributed by atoms with Gasteiger partial charge in [-0.2, -0.15) is 0 Å². The van der Waals surface area contributed by atoms with Gasteiger partial charge in [0.05, 0.1) is 44.1 Å². The van der Waals surface area contributed by atoms with E-state index in [0.717, 1.165) is 24.3 Å². The summed E-state index contributed by atoms with van der Waals surface area (Å²) in [5, 5.41) is 3.17. The van der Waals surface area contributed by atoms with Crippen molar-refractivity contribution in [3.8, 4) is 46.1 Å². The Balaban J connectivity index is 1.12. The van der Waals surface area contributed by atoms with E-state index < -0.39 is 23.3 Å². The van der Waals surface area contributed by atoms with Gasteiger partial charge < -0.3 is 9.97 Å². The van der Waals surface area contributed by atoms with Crippen molar-refractivity contribution in [2.24, 2.45) is 0 Å². The van der Waals surface area contributed by atoms with Crippen molar-refractivity contribution >= 4 is 110 Å². The molecule has 2 aliphatic heterocycles. The highest BCUT2D eigenvalue weighted by atomic mass is 19.2. The first-order valence-electron chi connectivity index (χ1n) is 20.8. The summed E-state index contributed by atoms with van der Waals surface area (Å²) in [7, 11) is 0. The molecular weight excluding hydrogens is 877 g/mol. The van der Waals surface area contributed by atoms with Gasteiger partial charge >= 0.3 is 0 Å². The maximum atomic E-state index is 15.3. The number of fused-ring (bicyclic) bond motifs is 32. The van der Waals surface area contributed by atoms with Gasteiger partial charge in [-0.3, -0.25) is 19.9 Å². The molecule has 2 aliphatic rings. The molecule has 9 aromatic heterocycles. The average Bonchev–Trinajstić information content (AvgIpc) is 4.08. The standard InChI is InChI=1S/C48H18F4N16/c49-25-13-21-22(14-26(25)50)43-61-41(21)63-45-37-38(58-34-18-6-2-10-54-30(18)29-17(33(34)57-37)5-1-9-53-29)46(67-45)64-42-23-15-27(51)28(52)16-24(23)44(62-42)66-48-40-39(47(65-43)68-48)59-35-19-7-3-11-55-31(19)32-20(36(35)60-40)8-4-12-56-32/h1-16H,(H2,61,62,63,64,65,66,67,68). The minimum atomic E-state index is -1.14. The van der Waals surface area contributed by atoms with E-state index in [1.807, 2.05) is 24.3 Å². The Morgan fingerprint density at radius 3 is 0.779 bits per heavy atom. The third-order valence-corrected chi connectivity index (χ3v) is 12.2. The molecule has 0 spiro atoms. The highest BCUT2D eigenvalue weighted by molar-refractivity contribution is 6.22. The summed E-state index contributed by atoms with van der Waals surface area (Å²) < 4.78 is 61.1. The van der Waals surface area contributed by atoms with Crippen molar-refractivity contribution in [1.29, 1.82) is 0 Å². The van der Waals surface area contributed by atoms with E-state index in [9.17, 15) is 0 Å². The minimum Gasteiger partial charge on any atom is -0.324 e. The number of benzene rings is 4. The van der Waals surface area contributed by atoms with Gasteiger partial charge in [-0.1, -0.05) is 0 Å². The maximum Gasteiger partial charge on any atom is 0.184 e. The first-order chi connectivity index (χ1) is 33.3. The molecule has 13 aromatic rings. The van der Waals surface area contributed by atoms with Crippen LogP contribution < -0.4 is 0 Å². The normalized spacial score (nSPS) is 12.4. The van der Waals surface area contributed by atoms with E-state index in [2.05, 4.69) is 29.9 Å². The summed E-state index contributed by atoms with van der Waals surface area (Å²) in [5.41, 5.74) is 5.01. The van der Waals surface area contributed by atoms with Crippen LogP contribution in [0, 0.1) is 23.3 Å². The third-order valence-electron chi connectivity index (χ3n) is 12.2. The van der Waals surface area contributed by atoms with Gasteiger partial charge in [0.15, 0.2) is 46.6 Å². The molecule has 0 aliphatic carbocycles. The van der Waals surface area contributed by atoms with Gasteiger partial charge in [0.25, 0.3) is 0 Å². The fraction of sp³-hybridized carbons (Fsp3) is 0. The van der Waals surface area contributed by atoms with Crippen molar-refractivity contribution in [3.05, 3.63) is 121 Å². The van der Waals surface area contributed by atoms with Crippen LogP contribution in [0.15, 0.2) is 97.6 Å². The minimum absolute atomic E-state index is 0.0142. The Kier molecular flexibility index (Phi) is 6.98. The molecule has 20 heteroatoms. The van der Waals surface area contributed by atoms with Crippen LogP contribution in [0.5, 0.6) is 0 Å². The van der Waals surface area contributed by atoms with Crippen molar-refractivity contribution in [2.75, 3.05) is 0 Å². The SMILES string of the molecule is Fc1cc2c3nc4nc(nc5[nH]c(nc6nc(nc([nH]3)c2cc1F)-c1nc2c3cccnc3c3ncccc3c2nc1-6)c1cc(F)c(F)cc51)-c1nc2c3cccnc3c3ncccc3c2nc1-4. The first kappa shape index (κ1) is 36.6. The molecule has 0 saturated carbocycles. The predicted molar refractivity (Wildman–Crippen MR) is 243 cm³/mol. The molecule has 0 atom stereocenters. The number of pyridine rings is 4. The second-order valence-electron chi connectivity index (χ2n) is 16.1. The molecular formula is C48H18F4N16. The zero-order valence-electron chi connectivity index (χ0n) is 34.0. The number of hydrogen-bond donors (Lipinski definition) is 2. The Labute approximate surface area is 373 Å². The molecule has 0 saturated heterocycles. The molecule has 0 radical (unpaired) electrons. The molecule has 4 aromatic carbocycles. The second-order valence-corrected chi connectivity index (χ2v) is 16.1. The molecule has 8 bridgehead atoms. The van der Waals surface area contributed by atoms with Crippen LogP contribution in [-0.2, 0) is 0 Å². The van der Waals surface area contributed by atoms with Crippen LogP contribution in [0.4, 0.5) is 17.6 Å². The quantitative estimate of drug-likeness (QED) is 0.107. The number of hydrogen-bond acceptors (Lipinski definition) is 14. The lowest BCUT2D eigenvalue weighted by Gasteiger charge is -2.09. The highest BCUT2D eigenvalue weighted by Crippen LogP contribution is 2.41. The number of aromatic amines is 2. The molecule has 2 N–H and O–H groups in total. The van der Waals surface area contributed by atoms with E-state index >= 15 is 17.6 Å². The molecule has 11 heterocycles. The van der Waals surface area contributed by atoms with Crippen molar-refractivity contribution in [3.63, 3.8) is 0 Å². The molecule has 318 valence electrons. The summed E-state index contributed by atoms with van der Waals surface area (Å²) in [4.78, 5) is 74.5. The Bertz CT molecular complexity index is 4130. The Morgan fingerprint density at radius 1 is 0.279 bits per heavy atom. The monoisotopic (exact) mass is 894 g/mol. The summed E-state index contributed by atoms with van der Waals surface area (Å²) in [6, 6.07) is 18.5. The van der Waals surface area contributed by atoms with Crippen molar-refractivity contribution < 1.29 is 17.6 Å². The van der Waals surface area contributed by atoms with Crippen molar-refractivity contribution in [1.82, 2.24) is 79.7 Å². The largest absolute Gasteiger partial charge is 0.324 e. The highest BCUT2D eigenvalue weighted by Gasteiger charge is 2.29. The van der Waals surface area contributed by atoms with Crippen LogP contribution >= 0.6 is 0 Å². The lowest BCUT2D eigenvalue weighted by Crippen LogP contribution is -1.96. The average molecular weight is 895 g/mol. The van der Waals surface area contributed by atoms with E-state index in [1.54, 1.807) is 49.1 Å².